The summed E-state index contributed by atoms with van der Waals surface area (Å²) >= 11 is 1.74. The standard InChI is InChI=1S/C27H32O2S/c1-16(2)22-14-21(15-23(17(3)4)27(22)29-7)26(28)25-18(5)19(6)30-24(25)13-20-11-9-8-10-12-20/h8-12,14-17H,13H2,1-7H3. The van der Waals surface area contributed by atoms with E-state index >= 15 is 0 Å². The lowest BCUT2D eigenvalue weighted by Gasteiger charge is -2.20. The van der Waals surface area contributed by atoms with Crippen molar-refractivity contribution in [2.75, 3.05) is 7.11 Å². The van der Waals surface area contributed by atoms with E-state index in [9.17, 15) is 4.79 Å². The Morgan fingerprint density at radius 2 is 1.53 bits per heavy atom. The van der Waals surface area contributed by atoms with Crippen molar-refractivity contribution < 1.29 is 9.53 Å². The van der Waals surface area contributed by atoms with Gasteiger partial charge < -0.3 is 4.74 Å². The largest absolute Gasteiger partial charge is 0.496 e. The third kappa shape index (κ3) is 4.37. The first-order valence-electron chi connectivity index (χ1n) is 10.6. The SMILES string of the molecule is COc1c(C(C)C)cc(C(=O)c2c(Cc3ccccc3)sc(C)c2C)cc1C(C)C. The van der Waals surface area contributed by atoms with Gasteiger partial charge in [-0.2, -0.15) is 0 Å². The smallest absolute Gasteiger partial charge is 0.194 e. The molecule has 1 aromatic heterocycles. The molecule has 0 spiro atoms. The number of hydrogen-bond acceptors (Lipinski definition) is 3. The van der Waals surface area contributed by atoms with Crippen molar-refractivity contribution in [3.05, 3.63) is 85.6 Å². The van der Waals surface area contributed by atoms with E-state index in [1.54, 1.807) is 18.4 Å². The molecule has 1 heterocycles. The van der Waals surface area contributed by atoms with Crippen molar-refractivity contribution >= 4 is 17.1 Å². The molecule has 3 aromatic rings. The van der Waals surface area contributed by atoms with Crippen LogP contribution in [0.15, 0.2) is 42.5 Å². The zero-order valence-corrected chi connectivity index (χ0v) is 19.9. The fourth-order valence-corrected chi connectivity index (χ4v) is 5.15. The Morgan fingerprint density at radius 1 is 0.967 bits per heavy atom. The Labute approximate surface area is 184 Å². The molecule has 30 heavy (non-hydrogen) atoms. The van der Waals surface area contributed by atoms with Crippen LogP contribution in [0.5, 0.6) is 5.75 Å². The lowest BCUT2D eigenvalue weighted by atomic mass is 9.88. The maximum Gasteiger partial charge on any atom is 0.194 e. The molecule has 0 aliphatic carbocycles. The lowest BCUT2D eigenvalue weighted by molar-refractivity contribution is 0.103. The Kier molecular flexibility index (Phi) is 6.82. The first-order chi connectivity index (χ1) is 14.2. The van der Waals surface area contributed by atoms with Crippen LogP contribution in [0, 0.1) is 13.8 Å². The van der Waals surface area contributed by atoms with Gasteiger partial charge in [0.15, 0.2) is 5.78 Å². The fraction of sp³-hybridized carbons (Fsp3) is 0.370. The minimum atomic E-state index is 0.120. The van der Waals surface area contributed by atoms with Crippen LogP contribution in [0.3, 0.4) is 0 Å². The van der Waals surface area contributed by atoms with Gasteiger partial charge in [0.05, 0.1) is 7.11 Å². The van der Waals surface area contributed by atoms with Crippen LogP contribution in [0.25, 0.3) is 0 Å². The summed E-state index contributed by atoms with van der Waals surface area (Å²) in [7, 11) is 1.72. The number of rotatable bonds is 7. The van der Waals surface area contributed by atoms with Gasteiger partial charge >= 0.3 is 0 Å². The van der Waals surface area contributed by atoms with Gasteiger partial charge in [-0.05, 0) is 60.1 Å². The molecule has 0 saturated heterocycles. The first-order valence-corrected chi connectivity index (χ1v) is 11.5. The third-order valence-corrected chi connectivity index (χ3v) is 6.96. The molecule has 0 N–H and O–H groups in total. The van der Waals surface area contributed by atoms with Gasteiger partial charge in [0.2, 0.25) is 0 Å². The summed E-state index contributed by atoms with van der Waals surface area (Å²) in [6.45, 7) is 12.8. The number of carbonyl (C=O) groups excluding carboxylic acids is 1. The fourth-order valence-electron chi connectivity index (χ4n) is 3.94. The average Bonchev–Trinajstić information content (AvgIpc) is 3.00. The molecule has 2 aromatic carbocycles. The van der Waals surface area contributed by atoms with Crippen LogP contribution >= 0.6 is 11.3 Å². The molecule has 0 amide bonds. The number of aryl methyl sites for hydroxylation is 1. The monoisotopic (exact) mass is 420 g/mol. The maximum atomic E-state index is 13.8. The molecule has 3 rings (SSSR count). The molecule has 2 nitrogen and oxygen atoms in total. The number of benzene rings is 2. The average molecular weight is 421 g/mol. The van der Waals surface area contributed by atoms with E-state index in [2.05, 4.69) is 65.8 Å². The first kappa shape index (κ1) is 22.3. The summed E-state index contributed by atoms with van der Waals surface area (Å²) in [6, 6.07) is 14.5. The van der Waals surface area contributed by atoms with E-state index in [0.717, 1.165) is 44.9 Å². The van der Waals surface area contributed by atoms with Crippen LogP contribution < -0.4 is 4.74 Å². The topological polar surface area (TPSA) is 26.3 Å². The van der Waals surface area contributed by atoms with Gasteiger partial charge in [-0.3, -0.25) is 4.79 Å². The summed E-state index contributed by atoms with van der Waals surface area (Å²) in [5.41, 5.74) is 6.16. The maximum absolute atomic E-state index is 13.8. The van der Waals surface area contributed by atoms with E-state index in [1.165, 1.54) is 10.4 Å². The molecular weight excluding hydrogens is 388 g/mol. The van der Waals surface area contributed by atoms with E-state index < -0.39 is 0 Å². The molecule has 158 valence electrons. The summed E-state index contributed by atoms with van der Waals surface area (Å²) in [4.78, 5) is 16.2. The predicted octanol–water partition coefficient (Wildman–Crippen LogP) is 7.44. The van der Waals surface area contributed by atoms with Crippen molar-refractivity contribution in [3.63, 3.8) is 0 Å². The Morgan fingerprint density at radius 3 is 2.03 bits per heavy atom. The molecule has 0 bridgehead atoms. The van der Waals surface area contributed by atoms with Gasteiger partial charge in [0.25, 0.3) is 0 Å². The normalized spacial score (nSPS) is 11.4. The van der Waals surface area contributed by atoms with Gasteiger partial charge in [-0.1, -0.05) is 58.0 Å². The van der Waals surface area contributed by atoms with Crippen LogP contribution in [0.1, 0.15) is 87.5 Å². The minimum absolute atomic E-state index is 0.120. The molecule has 0 atom stereocenters. The quantitative estimate of drug-likeness (QED) is 0.371. The molecule has 0 radical (unpaired) electrons. The highest BCUT2D eigenvalue weighted by Crippen LogP contribution is 2.38. The van der Waals surface area contributed by atoms with Crippen molar-refractivity contribution in [2.45, 2.75) is 59.8 Å². The summed E-state index contributed by atoms with van der Waals surface area (Å²) in [6.07, 6.45) is 0.783. The summed E-state index contributed by atoms with van der Waals surface area (Å²) in [5.74, 6) is 1.59. The van der Waals surface area contributed by atoms with Crippen LogP contribution in [-0.2, 0) is 6.42 Å². The Bertz CT molecular complexity index is 1010. The zero-order valence-electron chi connectivity index (χ0n) is 19.1. The molecule has 0 saturated carbocycles. The molecule has 0 aliphatic heterocycles. The van der Waals surface area contributed by atoms with Crippen molar-refractivity contribution in [2.24, 2.45) is 0 Å². The second kappa shape index (κ2) is 9.18. The van der Waals surface area contributed by atoms with Crippen LogP contribution in [-0.4, -0.2) is 12.9 Å². The van der Waals surface area contributed by atoms with Crippen molar-refractivity contribution in [1.29, 1.82) is 0 Å². The minimum Gasteiger partial charge on any atom is -0.496 e. The van der Waals surface area contributed by atoms with Gasteiger partial charge in [-0.15, -0.1) is 11.3 Å². The van der Waals surface area contributed by atoms with Crippen LogP contribution in [0.2, 0.25) is 0 Å². The van der Waals surface area contributed by atoms with Crippen molar-refractivity contribution in [3.8, 4) is 5.75 Å². The van der Waals surface area contributed by atoms with Crippen LogP contribution in [0.4, 0.5) is 0 Å². The number of hydrogen-bond donors (Lipinski definition) is 0. The molecule has 0 unspecified atom stereocenters. The summed E-state index contributed by atoms with van der Waals surface area (Å²) < 4.78 is 5.76. The highest BCUT2D eigenvalue weighted by atomic mass is 32.1. The third-order valence-electron chi connectivity index (χ3n) is 5.75. The van der Waals surface area contributed by atoms with E-state index in [0.29, 0.717) is 0 Å². The number of ketones is 1. The molecule has 3 heteroatoms. The second-order valence-electron chi connectivity index (χ2n) is 8.57. The highest BCUT2D eigenvalue weighted by molar-refractivity contribution is 7.12. The Hall–Kier alpha value is -2.39. The van der Waals surface area contributed by atoms with E-state index in [4.69, 9.17) is 4.74 Å². The molecule has 0 fully saturated rings. The molecular formula is C27H32O2S. The zero-order chi connectivity index (χ0) is 22.0. The van der Waals surface area contributed by atoms with Gasteiger partial charge in [0, 0.05) is 27.3 Å². The van der Waals surface area contributed by atoms with E-state index in [-0.39, 0.29) is 17.6 Å². The highest BCUT2D eigenvalue weighted by Gasteiger charge is 2.24. The van der Waals surface area contributed by atoms with Crippen molar-refractivity contribution in [1.82, 2.24) is 0 Å². The number of ether oxygens (including phenoxy) is 1. The number of methoxy groups -OCH3 is 1. The lowest BCUT2D eigenvalue weighted by Crippen LogP contribution is -2.09. The predicted molar refractivity (Wildman–Crippen MR) is 128 cm³/mol. The number of thiophene rings is 1. The van der Waals surface area contributed by atoms with Gasteiger partial charge in [-0.25, -0.2) is 0 Å². The summed E-state index contributed by atoms with van der Waals surface area (Å²) in [5, 5.41) is 0. The van der Waals surface area contributed by atoms with Gasteiger partial charge in [0.1, 0.15) is 5.75 Å². The Balaban J connectivity index is 2.13. The van der Waals surface area contributed by atoms with E-state index in [1.807, 2.05) is 18.2 Å². The molecule has 0 aliphatic rings. The second-order valence-corrected chi connectivity index (χ2v) is 9.88. The number of carbonyl (C=O) groups is 1.